The highest BCUT2D eigenvalue weighted by Crippen LogP contribution is 2.34. The summed E-state index contributed by atoms with van der Waals surface area (Å²) in [5, 5.41) is 15.1. The van der Waals surface area contributed by atoms with Crippen molar-refractivity contribution in [3.63, 3.8) is 0 Å². The minimum Gasteiger partial charge on any atom is -0.452 e. The summed E-state index contributed by atoms with van der Waals surface area (Å²) in [5.41, 5.74) is 2.79. The van der Waals surface area contributed by atoms with Crippen molar-refractivity contribution in [2.45, 2.75) is 6.92 Å². The zero-order valence-electron chi connectivity index (χ0n) is 13.0. The van der Waals surface area contributed by atoms with Crippen LogP contribution in [0.3, 0.4) is 0 Å². The van der Waals surface area contributed by atoms with E-state index in [1.54, 1.807) is 16.9 Å². The van der Waals surface area contributed by atoms with Crippen molar-refractivity contribution in [2.24, 2.45) is 0 Å². The van der Waals surface area contributed by atoms with E-state index in [4.69, 9.17) is 4.42 Å². The Kier molecular flexibility index (Phi) is 3.22. The maximum Gasteiger partial charge on any atom is 0.235 e. The second-order valence-electron chi connectivity index (χ2n) is 5.57. The molecule has 0 spiro atoms. The molecule has 5 rings (SSSR count). The van der Waals surface area contributed by atoms with Crippen LogP contribution in [-0.4, -0.2) is 24.8 Å². The largest absolute Gasteiger partial charge is 0.452 e. The minimum atomic E-state index is 0.606. The zero-order valence-corrected chi connectivity index (χ0v) is 15.4. The number of aromatic nitrogens is 5. The molecule has 8 heteroatoms. The first-order chi connectivity index (χ1) is 12.2. The molecule has 122 valence electrons. The summed E-state index contributed by atoms with van der Waals surface area (Å²) in [6, 6.07) is 9.91. The smallest absolute Gasteiger partial charge is 0.235 e. The predicted molar refractivity (Wildman–Crippen MR) is 99.5 cm³/mol. The molecule has 0 unspecified atom stereocenters. The summed E-state index contributed by atoms with van der Waals surface area (Å²) in [4.78, 5) is 4.91. The fraction of sp³-hybridized carbons (Fsp3) is 0.0588. The van der Waals surface area contributed by atoms with Gasteiger partial charge in [0, 0.05) is 33.4 Å². The van der Waals surface area contributed by atoms with E-state index in [0.717, 1.165) is 31.6 Å². The lowest BCUT2D eigenvalue weighted by atomic mass is 10.1. The summed E-state index contributed by atoms with van der Waals surface area (Å²) in [6.07, 6.45) is 3.52. The molecule has 0 aliphatic rings. The number of nitrogens with zero attached hydrogens (tertiary/aromatic N) is 5. The Morgan fingerprint density at radius 1 is 1.16 bits per heavy atom. The minimum absolute atomic E-state index is 0.606. The van der Waals surface area contributed by atoms with Gasteiger partial charge in [-0.3, -0.25) is 4.98 Å². The fourth-order valence-electron chi connectivity index (χ4n) is 2.79. The number of rotatable bonds is 2. The van der Waals surface area contributed by atoms with E-state index in [1.807, 2.05) is 37.3 Å². The molecule has 0 radical (unpaired) electrons. The zero-order chi connectivity index (χ0) is 17.0. The van der Waals surface area contributed by atoms with Crippen molar-refractivity contribution in [3.8, 4) is 22.2 Å². The average molecular weight is 412 g/mol. The molecule has 0 fully saturated rings. The molecule has 6 nitrogen and oxygen atoms in total. The molecule has 25 heavy (non-hydrogen) atoms. The summed E-state index contributed by atoms with van der Waals surface area (Å²) in [5.74, 6) is 1.30. The van der Waals surface area contributed by atoms with Crippen molar-refractivity contribution < 1.29 is 4.42 Å². The third-order valence-corrected chi connectivity index (χ3v) is 5.37. The maximum atomic E-state index is 6.01. The summed E-state index contributed by atoms with van der Waals surface area (Å²) in [6.45, 7) is 2.02. The molecule has 0 atom stereocenters. The van der Waals surface area contributed by atoms with Gasteiger partial charge >= 0.3 is 0 Å². The van der Waals surface area contributed by atoms with Crippen LogP contribution in [0.25, 0.3) is 38.1 Å². The second kappa shape index (κ2) is 5.47. The molecule has 0 saturated heterocycles. The van der Waals surface area contributed by atoms with Gasteiger partial charge in [0.15, 0.2) is 5.76 Å². The maximum absolute atomic E-state index is 6.01. The predicted octanol–water partition coefficient (Wildman–Crippen LogP) is 4.73. The fourth-order valence-corrected chi connectivity index (χ4v) is 3.98. The van der Waals surface area contributed by atoms with Crippen LogP contribution < -0.4 is 0 Å². The van der Waals surface area contributed by atoms with Gasteiger partial charge in [0.05, 0.1) is 0 Å². The number of para-hydroxylation sites is 1. The molecule has 4 heterocycles. The highest BCUT2D eigenvalue weighted by Gasteiger charge is 2.20. The van der Waals surface area contributed by atoms with Gasteiger partial charge < -0.3 is 4.42 Å². The van der Waals surface area contributed by atoms with E-state index in [2.05, 4.69) is 36.2 Å². The number of furan rings is 1. The Bertz CT molecular complexity index is 1240. The molecular formula is C17H10BrN5OS. The first-order valence-corrected chi connectivity index (χ1v) is 9.13. The lowest BCUT2D eigenvalue weighted by molar-refractivity contribution is 0.619. The van der Waals surface area contributed by atoms with Gasteiger partial charge in [-0.25, -0.2) is 0 Å². The van der Waals surface area contributed by atoms with Crippen molar-refractivity contribution in [2.75, 3.05) is 0 Å². The molecule has 4 aromatic heterocycles. The third-order valence-electron chi connectivity index (χ3n) is 3.99. The number of fused-ring (bicyclic) bond motifs is 2. The Labute approximate surface area is 154 Å². The highest BCUT2D eigenvalue weighted by atomic mass is 79.9. The van der Waals surface area contributed by atoms with Crippen LogP contribution in [-0.2, 0) is 0 Å². The van der Waals surface area contributed by atoms with Crippen molar-refractivity contribution >= 4 is 43.2 Å². The first-order valence-electron chi connectivity index (χ1n) is 7.52. The topological polar surface area (TPSA) is 69.1 Å². The summed E-state index contributed by atoms with van der Waals surface area (Å²) < 4.78 is 8.64. The van der Waals surface area contributed by atoms with E-state index in [0.29, 0.717) is 16.5 Å². The van der Waals surface area contributed by atoms with Crippen LogP contribution in [0.1, 0.15) is 5.56 Å². The molecule has 0 amide bonds. The number of aryl methyl sites for hydroxylation is 1. The standard InChI is InChI=1S/C17H10BrN5OS/c1-9-12-4-2-3-5-13(12)24-14(9)15-20-21-17-23(15)22-16(25-17)10-6-11(18)8-19-7-10/h2-8H,1H3. The van der Waals surface area contributed by atoms with Gasteiger partial charge in [0.2, 0.25) is 10.8 Å². The molecule has 5 aromatic rings. The monoisotopic (exact) mass is 411 g/mol. The molecular weight excluding hydrogens is 402 g/mol. The van der Waals surface area contributed by atoms with Crippen molar-refractivity contribution in [3.05, 3.63) is 52.8 Å². The molecule has 0 N–H and O–H groups in total. The van der Waals surface area contributed by atoms with E-state index in [1.165, 1.54) is 11.3 Å². The number of benzene rings is 1. The third kappa shape index (κ3) is 2.29. The van der Waals surface area contributed by atoms with E-state index in [9.17, 15) is 0 Å². The molecule has 0 aliphatic carbocycles. The Balaban J connectivity index is 1.70. The van der Waals surface area contributed by atoms with Crippen LogP contribution in [0, 0.1) is 6.92 Å². The van der Waals surface area contributed by atoms with Crippen molar-refractivity contribution in [1.29, 1.82) is 0 Å². The average Bonchev–Trinajstić information content (AvgIpc) is 3.28. The number of hydrogen-bond donors (Lipinski definition) is 0. The Hall–Kier alpha value is -2.58. The Morgan fingerprint density at radius 3 is 2.88 bits per heavy atom. The SMILES string of the molecule is Cc1c(-c2nnc3sc(-c4cncc(Br)c4)nn23)oc2ccccc12. The highest BCUT2D eigenvalue weighted by molar-refractivity contribution is 9.10. The quantitative estimate of drug-likeness (QED) is 0.419. The number of halogens is 1. The van der Waals surface area contributed by atoms with Gasteiger partial charge in [-0.05, 0) is 35.0 Å². The summed E-state index contributed by atoms with van der Waals surface area (Å²) >= 11 is 4.90. The molecule has 0 saturated carbocycles. The van der Waals surface area contributed by atoms with E-state index >= 15 is 0 Å². The van der Waals surface area contributed by atoms with Crippen LogP contribution in [0.2, 0.25) is 0 Å². The second-order valence-corrected chi connectivity index (χ2v) is 7.44. The normalized spacial score (nSPS) is 11.6. The van der Waals surface area contributed by atoms with Gasteiger partial charge in [-0.1, -0.05) is 29.5 Å². The van der Waals surface area contributed by atoms with Gasteiger partial charge in [-0.15, -0.1) is 10.2 Å². The van der Waals surface area contributed by atoms with Crippen LogP contribution in [0.15, 0.2) is 51.6 Å². The van der Waals surface area contributed by atoms with Gasteiger partial charge in [0.1, 0.15) is 10.6 Å². The van der Waals surface area contributed by atoms with Gasteiger partial charge in [0.25, 0.3) is 0 Å². The lowest BCUT2D eigenvalue weighted by Gasteiger charge is -1.96. The summed E-state index contributed by atoms with van der Waals surface area (Å²) in [7, 11) is 0. The molecule has 1 aromatic carbocycles. The molecule has 0 aliphatic heterocycles. The number of pyridine rings is 1. The lowest BCUT2D eigenvalue weighted by Crippen LogP contribution is -1.91. The first kappa shape index (κ1) is 14.7. The van der Waals surface area contributed by atoms with Crippen LogP contribution in [0.4, 0.5) is 0 Å². The Morgan fingerprint density at radius 2 is 2.04 bits per heavy atom. The van der Waals surface area contributed by atoms with Crippen LogP contribution in [0.5, 0.6) is 0 Å². The van der Waals surface area contributed by atoms with Crippen LogP contribution >= 0.6 is 27.3 Å². The van der Waals surface area contributed by atoms with Crippen molar-refractivity contribution in [1.82, 2.24) is 24.8 Å². The molecule has 0 bridgehead atoms. The van der Waals surface area contributed by atoms with E-state index < -0.39 is 0 Å². The van der Waals surface area contributed by atoms with Gasteiger partial charge in [-0.2, -0.15) is 9.61 Å². The van der Waals surface area contributed by atoms with E-state index in [-0.39, 0.29) is 0 Å². The number of hydrogen-bond acceptors (Lipinski definition) is 6.